The maximum atomic E-state index is 12.6. The van der Waals surface area contributed by atoms with E-state index in [4.69, 9.17) is 56.9 Å². The molecule has 5 N–H and O–H groups in total. The number of ether oxygens (including phenoxy) is 1. The number of amides is 1. The Balaban J connectivity index is 0.000000192. The lowest BCUT2D eigenvalue weighted by atomic mass is 10.2. The highest BCUT2D eigenvalue weighted by atomic mass is 79.9. The summed E-state index contributed by atoms with van der Waals surface area (Å²) in [5.74, 6) is 2.56. The Hall–Kier alpha value is -7.55. The molecular weight excluding hydrogens is 1350 g/mol. The number of aromatic nitrogens is 6. The number of nitrogens with zero attached hydrogens (tertiary/aromatic N) is 6. The van der Waals surface area contributed by atoms with Crippen molar-refractivity contribution in [1.29, 1.82) is 0 Å². The highest BCUT2D eigenvalue weighted by Crippen LogP contribution is 2.22. The molecule has 0 saturated carbocycles. The number of benzene rings is 4. The average Bonchev–Trinajstić information content (AvgIpc) is 4.10. The Labute approximate surface area is 532 Å². The Morgan fingerprint density at radius 1 is 0.536 bits per heavy atom. The molecule has 0 aliphatic carbocycles. The van der Waals surface area contributed by atoms with Crippen molar-refractivity contribution in [3.8, 4) is 0 Å². The van der Waals surface area contributed by atoms with Crippen LogP contribution in [0.3, 0.4) is 0 Å². The van der Waals surface area contributed by atoms with Crippen molar-refractivity contribution in [3.63, 3.8) is 0 Å². The monoisotopic (exact) mass is 1400 g/mol. The van der Waals surface area contributed by atoms with Crippen molar-refractivity contribution in [3.05, 3.63) is 262 Å². The molecule has 0 spiro atoms. The third-order valence-corrected chi connectivity index (χ3v) is 13.0. The van der Waals surface area contributed by atoms with Crippen LogP contribution in [-0.4, -0.2) is 60.5 Å². The lowest BCUT2D eigenvalue weighted by Crippen LogP contribution is -2.37. The van der Waals surface area contributed by atoms with E-state index in [1.54, 1.807) is 106 Å². The number of fused-ring (bicyclic) bond motifs is 1. The van der Waals surface area contributed by atoms with E-state index in [-0.39, 0.29) is 6.54 Å². The third kappa shape index (κ3) is 25.9. The molecule has 6 aromatic heterocycles. The van der Waals surface area contributed by atoms with E-state index in [9.17, 15) is 19.2 Å². The molecule has 0 aliphatic heterocycles. The van der Waals surface area contributed by atoms with Crippen molar-refractivity contribution in [2.75, 3.05) is 21.3 Å². The van der Waals surface area contributed by atoms with Gasteiger partial charge in [0.2, 0.25) is 0 Å². The number of halogens is 7. The maximum Gasteiger partial charge on any atom is 0.416 e. The van der Waals surface area contributed by atoms with Crippen molar-refractivity contribution in [1.82, 2.24) is 29.9 Å². The average molecular weight is 1400 g/mol. The Morgan fingerprint density at radius 3 is 1.40 bits per heavy atom. The van der Waals surface area contributed by atoms with Gasteiger partial charge < -0.3 is 26.1 Å². The summed E-state index contributed by atoms with van der Waals surface area (Å²) in [6.07, 6.45) is 11.8. The standard InChI is InChI=1S/C18H19ClN2O3.C13H11ClN2O.C12H10BrClN2.C7H5BrN2.C7H5ClO.C5H5BrN2/c1-18(2,3)24-17(23)21(11-13-4-7-15(19)8-5-13)16-9-6-14(12-22)10-20-16;14-12-4-1-10(2-5-12)7-15-13-6-3-11(9-17)8-16-13;13-10-3-6-12(16-8-10)15-7-9-1-4-11(14)5-2-9;8-6-3-5-1-2-9-7(5)10-4-6;8-7-3-1-6(5-9)2-4-7;6-4-1-2-5(7)8-3-4/h4-10,12H,11H2,1-3H3;1-6,8-9H,7H2,(H,15,16);1-6,8H,7H2,(H,15,16);1-4H,(H,9,10);1-5H;1-3H,(H2,7,8). The van der Waals surface area contributed by atoms with Crippen LogP contribution < -0.4 is 21.3 Å². The zero-order valence-corrected chi connectivity index (χ0v) is 53.1. The third-order valence-electron chi connectivity index (χ3n) is 10.6. The normalized spacial score (nSPS) is 10.2. The van der Waals surface area contributed by atoms with Gasteiger partial charge in [0, 0.05) is 106 Å². The fourth-order valence-corrected chi connectivity index (χ4v) is 7.77. The minimum Gasteiger partial charge on any atom is -0.443 e. The molecule has 0 atom stereocenters. The largest absolute Gasteiger partial charge is 0.443 e. The minimum atomic E-state index is -0.627. The van der Waals surface area contributed by atoms with Gasteiger partial charge in [-0.05, 0) is 194 Å². The zero-order valence-electron chi connectivity index (χ0n) is 45.3. The van der Waals surface area contributed by atoms with Gasteiger partial charge in [-0.1, -0.05) is 94.9 Å². The van der Waals surface area contributed by atoms with E-state index in [0.29, 0.717) is 51.2 Å². The lowest BCUT2D eigenvalue weighted by molar-refractivity contribution is 0.0576. The number of nitrogens with two attached hydrogens (primary N) is 1. The molecule has 84 heavy (non-hydrogen) atoms. The van der Waals surface area contributed by atoms with E-state index in [1.165, 1.54) is 22.9 Å². The molecule has 432 valence electrons. The molecule has 0 saturated heterocycles. The van der Waals surface area contributed by atoms with Crippen LogP contribution in [0.2, 0.25) is 20.1 Å². The van der Waals surface area contributed by atoms with Crippen LogP contribution in [0.15, 0.2) is 208 Å². The van der Waals surface area contributed by atoms with Crippen LogP contribution in [0.1, 0.15) is 68.5 Å². The topological polar surface area (TPSA) is 211 Å². The number of nitrogens with one attached hydrogen (secondary N) is 3. The Bertz CT molecular complexity index is 3520. The van der Waals surface area contributed by atoms with Crippen LogP contribution in [0.5, 0.6) is 0 Å². The van der Waals surface area contributed by atoms with Gasteiger partial charge in [0.1, 0.15) is 40.8 Å². The summed E-state index contributed by atoms with van der Waals surface area (Å²) in [4.78, 5) is 68.8. The fraction of sp³-hybridized carbons (Fsp3) is 0.113. The molecule has 0 unspecified atom stereocenters. The number of rotatable bonds is 12. The minimum absolute atomic E-state index is 0.277. The second-order valence-corrected chi connectivity index (χ2v) is 22.8. The molecule has 10 rings (SSSR count). The number of carbonyl (C=O) groups is 4. The van der Waals surface area contributed by atoms with E-state index in [0.717, 1.165) is 76.4 Å². The molecule has 10 aromatic rings. The molecular formula is C62H55Br3Cl4N10O5. The fourth-order valence-electron chi connectivity index (χ4n) is 6.45. The SMILES string of the molecule is Brc1cnc2[nH]ccc2c1.CC(C)(C)OC(=O)N(Cc1ccc(Cl)cc1)c1ccc(C=O)cn1.Clc1ccc(CNc2ccc(Br)cn2)cc1.Nc1ccc(Br)cn1.O=Cc1ccc(Cl)cc1.O=Cc1ccc(NCc2ccc(Cl)cc2)nc1. The van der Waals surface area contributed by atoms with E-state index in [2.05, 4.69) is 88.3 Å². The molecule has 6 heterocycles. The molecule has 0 radical (unpaired) electrons. The van der Waals surface area contributed by atoms with Gasteiger partial charge in [-0.3, -0.25) is 19.3 Å². The Morgan fingerprint density at radius 2 is 0.976 bits per heavy atom. The summed E-state index contributed by atoms with van der Waals surface area (Å²) in [6, 6.07) is 47.5. The first-order valence-electron chi connectivity index (χ1n) is 25.1. The first kappa shape index (κ1) is 67.2. The number of carbonyl (C=O) groups excluding carboxylic acids is 4. The predicted octanol–water partition coefficient (Wildman–Crippen LogP) is 17.7. The summed E-state index contributed by atoms with van der Waals surface area (Å²) in [5.41, 5.74) is 10.4. The summed E-state index contributed by atoms with van der Waals surface area (Å²) >= 11 is 33.0. The first-order valence-corrected chi connectivity index (χ1v) is 29.0. The summed E-state index contributed by atoms with van der Waals surface area (Å²) in [5, 5.41) is 10.3. The highest BCUT2D eigenvalue weighted by molar-refractivity contribution is 9.11. The molecule has 0 aliphatic rings. The summed E-state index contributed by atoms with van der Waals surface area (Å²) in [7, 11) is 0. The first-order chi connectivity index (χ1) is 40.3. The molecule has 0 bridgehead atoms. The van der Waals surface area contributed by atoms with Crippen molar-refractivity contribution < 1.29 is 23.9 Å². The maximum absolute atomic E-state index is 12.6. The van der Waals surface area contributed by atoms with Crippen LogP contribution in [-0.2, 0) is 24.4 Å². The van der Waals surface area contributed by atoms with Gasteiger partial charge in [0.25, 0.3) is 0 Å². The van der Waals surface area contributed by atoms with Gasteiger partial charge in [-0.15, -0.1) is 0 Å². The van der Waals surface area contributed by atoms with Gasteiger partial charge in [-0.2, -0.15) is 0 Å². The number of H-pyrrole nitrogens is 1. The van der Waals surface area contributed by atoms with Crippen LogP contribution in [0.25, 0.3) is 11.0 Å². The summed E-state index contributed by atoms with van der Waals surface area (Å²) in [6.45, 7) is 7.09. The van der Waals surface area contributed by atoms with E-state index >= 15 is 0 Å². The predicted molar refractivity (Wildman–Crippen MR) is 350 cm³/mol. The smallest absolute Gasteiger partial charge is 0.416 e. The van der Waals surface area contributed by atoms with Gasteiger partial charge in [0.05, 0.1) is 6.54 Å². The van der Waals surface area contributed by atoms with Crippen molar-refractivity contribution in [2.24, 2.45) is 0 Å². The second kappa shape index (κ2) is 35.6. The molecule has 15 nitrogen and oxygen atoms in total. The number of aldehydes is 3. The van der Waals surface area contributed by atoms with Crippen LogP contribution >= 0.6 is 94.2 Å². The van der Waals surface area contributed by atoms with Gasteiger partial charge in [0.15, 0.2) is 12.6 Å². The van der Waals surface area contributed by atoms with Gasteiger partial charge >= 0.3 is 6.09 Å². The number of aromatic amines is 1. The zero-order chi connectivity index (χ0) is 60.9. The summed E-state index contributed by atoms with van der Waals surface area (Å²) < 4.78 is 8.40. The number of hydrogen-bond donors (Lipinski definition) is 4. The number of anilines is 4. The molecule has 0 fully saturated rings. The van der Waals surface area contributed by atoms with Crippen LogP contribution in [0, 0.1) is 0 Å². The highest BCUT2D eigenvalue weighted by Gasteiger charge is 2.24. The van der Waals surface area contributed by atoms with E-state index in [1.807, 2.05) is 97.2 Å². The molecule has 22 heteroatoms. The van der Waals surface area contributed by atoms with E-state index < -0.39 is 11.7 Å². The molecule has 1 amide bonds. The number of nitrogen functional groups attached to an aromatic ring is 1. The van der Waals surface area contributed by atoms with Crippen molar-refractivity contribution in [2.45, 2.75) is 46.0 Å². The van der Waals surface area contributed by atoms with Gasteiger partial charge in [-0.25, -0.2) is 29.7 Å². The lowest BCUT2D eigenvalue weighted by Gasteiger charge is -2.27. The second-order valence-electron chi connectivity index (χ2n) is 18.3. The van der Waals surface area contributed by atoms with Crippen molar-refractivity contribution >= 4 is 153 Å². The number of pyridine rings is 5. The Kier molecular flexibility index (Phi) is 28.5. The quantitative estimate of drug-likeness (QED) is 0.0840. The molecule has 4 aromatic carbocycles. The number of hydrogen-bond acceptors (Lipinski definition) is 13. The van der Waals surface area contributed by atoms with Crippen LogP contribution in [0.4, 0.5) is 28.1 Å².